The maximum Gasteiger partial charge on any atom is 0.490 e. The second-order valence-electron chi connectivity index (χ2n) is 7.67. The van der Waals surface area contributed by atoms with Gasteiger partial charge in [0.25, 0.3) is 5.91 Å². The molecular formula is C21H19F4N3O3. The molecule has 164 valence electrons. The van der Waals surface area contributed by atoms with Crippen molar-refractivity contribution in [2.45, 2.75) is 20.0 Å². The van der Waals surface area contributed by atoms with Crippen LogP contribution in [0, 0.1) is 11.2 Å². The third-order valence-corrected chi connectivity index (χ3v) is 4.42. The Labute approximate surface area is 174 Å². The average Bonchev–Trinajstić information content (AvgIpc) is 3.10. The molecule has 0 spiro atoms. The van der Waals surface area contributed by atoms with E-state index < -0.39 is 35.9 Å². The second kappa shape index (κ2) is 8.37. The number of carbonyl (C=O) groups is 2. The van der Waals surface area contributed by atoms with Crippen LogP contribution in [0.25, 0.3) is 16.9 Å². The van der Waals surface area contributed by atoms with Gasteiger partial charge in [0.1, 0.15) is 11.6 Å². The van der Waals surface area contributed by atoms with Gasteiger partial charge in [-0.25, -0.2) is 14.2 Å². The van der Waals surface area contributed by atoms with Crippen LogP contribution in [-0.4, -0.2) is 40.6 Å². The van der Waals surface area contributed by atoms with Crippen LogP contribution in [0.4, 0.5) is 17.6 Å². The lowest BCUT2D eigenvalue weighted by Crippen LogP contribution is -2.39. The molecule has 2 aromatic heterocycles. The average molecular weight is 437 g/mol. The SMILES string of the molecule is CC(C)(CNC(=O)c1nc(-c2ccc(F)cc2)n2ccccc12)COC(=O)C(F)(F)F. The van der Waals surface area contributed by atoms with Crippen molar-refractivity contribution in [2.24, 2.45) is 5.41 Å². The summed E-state index contributed by atoms with van der Waals surface area (Å²) in [6, 6.07) is 10.8. The molecule has 0 aliphatic rings. The van der Waals surface area contributed by atoms with Gasteiger partial charge >= 0.3 is 12.1 Å². The van der Waals surface area contributed by atoms with Gasteiger partial charge in [-0.2, -0.15) is 13.2 Å². The minimum atomic E-state index is -5.08. The molecule has 0 radical (unpaired) electrons. The predicted octanol–water partition coefficient (Wildman–Crippen LogP) is 4.00. The van der Waals surface area contributed by atoms with Gasteiger partial charge in [0.2, 0.25) is 0 Å². The summed E-state index contributed by atoms with van der Waals surface area (Å²) >= 11 is 0. The van der Waals surface area contributed by atoms with Crippen LogP contribution in [0.15, 0.2) is 48.7 Å². The number of benzene rings is 1. The standard InChI is InChI=1S/C21H19F4N3O3/c1-20(2,12-31-19(30)21(23,24)25)11-26-18(29)16-15-5-3-4-10-28(15)17(27-16)13-6-8-14(22)9-7-13/h3-10H,11-12H2,1-2H3,(H,26,29). The number of hydrogen-bond donors (Lipinski definition) is 1. The molecule has 3 rings (SSSR count). The third-order valence-electron chi connectivity index (χ3n) is 4.42. The van der Waals surface area contributed by atoms with Crippen LogP contribution in [0.1, 0.15) is 24.3 Å². The summed E-state index contributed by atoms with van der Waals surface area (Å²) in [5, 5.41) is 2.62. The molecule has 0 unspecified atom stereocenters. The highest BCUT2D eigenvalue weighted by molar-refractivity contribution is 6.00. The van der Waals surface area contributed by atoms with E-state index in [0.29, 0.717) is 16.9 Å². The Kier molecular flexibility index (Phi) is 6.01. The minimum absolute atomic E-state index is 0.0608. The van der Waals surface area contributed by atoms with Crippen LogP contribution in [0.3, 0.4) is 0 Å². The Morgan fingerprint density at radius 2 is 1.77 bits per heavy atom. The normalized spacial score (nSPS) is 12.1. The van der Waals surface area contributed by atoms with Crippen LogP contribution >= 0.6 is 0 Å². The molecule has 0 bridgehead atoms. The number of esters is 1. The zero-order chi connectivity index (χ0) is 22.8. The summed E-state index contributed by atoms with van der Waals surface area (Å²) in [5.74, 6) is -2.81. The van der Waals surface area contributed by atoms with E-state index in [9.17, 15) is 27.2 Å². The maximum atomic E-state index is 13.3. The van der Waals surface area contributed by atoms with Crippen molar-refractivity contribution in [2.75, 3.05) is 13.2 Å². The monoisotopic (exact) mass is 437 g/mol. The van der Waals surface area contributed by atoms with Crippen molar-refractivity contribution in [3.8, 4) is 11.4 Å². The number of alkyl halides is 3. The molecule has 31 heavy (non-hydrogen) atoms. The molecule has 10 heteroatoms. The van der Waals surface area contributed by atoms with Gasteiger partial charge in [-0.1, -0.05) is 19.9 Å². The molecule has 0 atom stereocenters. The van der Waals surface area contributed by atoms with E-state index in [-0.39, 0.29) is 12.2 Å². The fourth-order valence-corrected chi connectivity index (χ4v) is 2.80. The molecule has 1 aromatic carbocycles. The maximum absolute atomic E-state index is 13.3. The number of hydrogen-bond acceptors (Lipinski definition) is 4. The van der Waals surface area contributed by atoms with Gasteiger partial charge < -0.3 is 10.1 Å². The molecule has 0 aliphatic heterocycles. The first-order valence-electron chi connectivity index (χ1n) is 9.23. The third kappa shape index (κ3) is 5.19. The molecular weight excluding hydrogens is 418 g/mol. The summed E-state index contributed by atoms with van der Waals surface area (Å²) in [5.41, 5.74) is 0.246. The fraction of sp³-hybridized carbons (Fsp3) is 0.286. The minimum Gasteiger partial charge on any atom is -0.458 e. The lowest BCUT2D eigenvalue weighted by atomic mass is 9.95. The number of pyridine rings is 1. The molecule has 2 heterocycles. The number of rotatable bonds is 6. The van der Waals surface area contributed by atoms with E-state index in [0.717, 1.165) is 0 Å². The number of carbonyl (C=O) groups excluding carboxylic acids is 2. The summed E-state index contributed by atoms with van der Waals surface area (Å²) in [6.07, 6.45) is -3.37. The topological polar surface area (TPSA) is 72.7 Å². The van der Waals surface area contributed by atoms with Gasteiger partial charge in [-0.3, -0.25) is 9.20 Å². The van der Waals surface area contributed by atoms with Crippen LogP contribution in [0.5, 0.6) is 0 Å². The highest BCUT2D eigenvalue weighted by Crippen LogP contribution is 2.24. The van der Waals surface area contributed by atoms with Gasteiger partial charge in [0, 0.05) is 23.7 Å². The predicted molar refractivity (Wildman–Crippen MR) is 104 cm³/mol. The van der Waals surface area contributed by atoms with E-state index in [4.69, 9.17) is 0 Å². The number of aromatic nitrogens is 2. The van der Waals surface area contributed by atoms with E-state index >= 15 is 0 Å². The molecule has 3 aromatic rings. The van der Waals surface area contributed by atoms with Gasteiger partial charge in [-0.05, 0) is 36.4 Å². The first-order valence-corrected chi connectivity index (χ1v) is 9.23. The zero-order valence-electron chi connectivity index (χ0n) is 16.7. The highest BCUT2D eigenvalue weighted by atomic mass is 19.4. The van der Waals surface area contributed by atoms with Crippen molar-refractivity contribution >= 4 is 17.4 Å². The first-order chi connectivity index (χ1) is 14.5. The Bertz CT molecular complexity index is 1110. The number of halogens is 4. The molecule has 1 amide bonds. The summed E-state index contributed by atoms with van der Waals surface area (Å²) in [6.45, 7) is 2.50. The number of amides is 1. The molecule has 1 N–H and O–H groups in total. The van der Waals surface area contributed by atoms with E-state index in [1.165, 1.54) is 24.3 Å². The molecule has 0 aliphatic carbocycles. The van der Waals surface area contributed by atoms with Crippen molar-refractivity contribution in [3.05, 3.63) is 60.2 Å². The van der Waals surface area contributed by atoms with E-state index in [1.807, 2.05) is 0 Å². The summed E-state index contributed by atoms with van der Waals surface area (Å²) in [4.78, 5) is 28.1. The Balaban J connectivity index is 1.77. The van der Waals surface area contributed by atoms with Crippen molar-refractivity contribution in [1.82, 2.24) is 14.7 Å². The number of nitrogens with zero attached hydrogens (tertiary/aromatic N) is 2. The second-order valence-corrected chi connectivity index (χ2v) is 7.67. The molecule has 0 fully saturated rings. The first kappa shape index (κ1) is 22.3. The van der Waals surface area contributed by atoms with E-state index in [2.05, 4.69) is 15.0 Å². The summed E-state index contributed by atoms with van der Waals surface area (Å²) < 4.78 is 56.1. The van der Waals surface area contributed by atoms with Crippen molar-refractivity contribution < 1.29 is 31.9 Å². The van der Waals surface area contributed by atoms with Crippen LogP contribution in [0.2, 0.25) is 0 Å². The Morgan fingerprint density at radius 3 is 2.42 bits per heavy atom. The number of fused-ring (bicyclic) bond motifs is 1. The smallest absolute Gasteiger partial charge is 0.458 e. The van der Waals surface area contributed by atoms with Gasteiger partial charge in [0.15, 0.2) is 5.69 Å². The quantitative estimate of drug-likeness (QED) is 0.467. The Hall–Kier alpha value is -3.43. The molecule has 0 saturated heterocycles. The number of ether oxygens (including phenoxy) is 1. The van der Waals surface area contributed by atoms with Crippen LogP contribution in [-0.2, 0) is 9.53 Å². The summed E-state index contributed by atoms with van der Waals surface area (Å²) in [7, 11) is 0. The lowest BCUT2D eigenvalue weighted by Gasteiger charge is -2.24. The Morgan fingerprint density at radius 1 is 1.10 bits per heavy atom. The fourth-order valence-electron chi connectivity index (χ4n) is 2.80. The largest absolute Gasteiger partial charge is 0.490 e. The number of imidazole rings is 1. The molecule has 0 saturated carbocycles. The lowest BCUT2D eigenvalue weighted by molar-refractivity contribution is -0.202. The van der Waals surface area contributed by atoms with Crippen molar-refractivity contribution in [3.63, 3.8) is 0 Å². The number of nitrogens with one attached hydrogen (secondary N) is 1. The van der Waals surface area contributed by atoms with Gasteiger partial charge in [-0.15, -0.1) is 0 Å². The van der Waals surface area contributed by atoms with Crippen LogP contribution < -0.4 is 5.32 Å². The van der Waals surface area contributed by atoms with E-state index in [1.54, 1.807) is 42.6 Å². The van der Waals surface area contributed by atoms with Gasteiger partial charge in [0.05, 0.1) is 12.1 Å². The zero-order valence-corrected chi connectivity index (χ0v) is 16.7. The highest BCUT2D eigenvalue weighted by Gasteiger charge is 2.41. The molecule has 6 nitrogen and oxygen atoms in total. The van der Waals surface area contributed by atoms with Crippen molar-refractivity contribution in [1.29, 1.82) is 0 Å².